The van der Waals surface area contributed by atoms with E-state index in [-0.39, 0.29) is 29.6 Å². The molecule has 108 valence electrons. The van der Waals surface area contributed by atoms with Crippen molar-refractivity contribution in [3.05, 3.63) is 33.3 Å². The molecule has 1 atom stereocenters. The van der Waals surface area contributed by atoms with Gasteiger partial charge in [-0.3, -0.25) is 0 Å². The predicted octanol–water partition coefficient (Wildman–Crippen LogP) is 3.72. The van der Waals surface area contributed by atoms with E-state index < -0.39 is 17.9 Å². The summed E-state index contributed by atoms with van der Waals surface area (Å²) in [4.78, 5) is 11.2. The van der Waals surface area contributed by atoms with Gasteiger partial charge in [0.15, 0.2) is 0 Å². The lowest BCUT2D eigenvalue weighted by atomic mass is 10.0. The number of rotatable bonds is 4. The quantitative estimate of drug-likeness (QED) is 0.812. The van der Waals surface area contributed by atoms with Crippen molar-refractivity contribution in [2.24, 2.45) is 5.73 Å². The van der Waals surface area contributed by atoms with Crippen molar-refractivity contribution in [2.45, 2.75) is 18.9 Å². The second kappa shape index (κ2) is 7.38. The third-order valence-corrected chi connectivity index (χ3v) is 3.07. The molecule has 0 unspecified atom stereocenters. The largest absolute Gasteiger partial charge is 0.462 e. The number of hydrogen-bond acceptors (Lipinski definition) is 3. The average molecular weight is 379 g/mol. The standard InChI is InChI=1S/C11H11BrClF2NO2.ClH/c1-2-18-10(17)11(14,15)9(16)7-5-6(12)3-4-8(7)13;/h3-5,9H,2,16H2,1H3;1H/t9-;/m1./s1. The summed E-state index contributed by atoms with van der Waals surface area (Å²) >= 11 is 8.92. The molecule has 0 bridgehead atoms. The average Bonchev–Trinajstić information content (AvgIpc) is 2.31. The second-order valence-electron chi connectivity index (χ2n) is 3.49. The maximum absolute atomic E-state index is 13.7. The lowest BCUT2D eigenvalue weighted by Crippen LogP contribution is -2.41. The van der Waals surface area contributed by atoms with Crippen LogP contribution in [-0.2, 0) is 9.53 Å². The molecule has 0 radical (unpaired) electrons. The summed E-state index contributed by atoms with van der Waals surface area (Å²) in [5.74, 6) is -5.49. The topological polar surface area (TPSA) is 52.3 Å². The van der Waals surface area contributed by atoms with Crippen molar-refractivity contribution in [2.75, 3.05) is 6.61 Å². The zero-order chi connectivity index (χ0) is 13.9. The molecule has 1 aromatic rings. The second-order valence-corrected chi connectivity index (χ2v) is 4.81. The van der Waals surface area contributed by atoms with E-state index in [1.807, 2.05) is 0 Å². The van der Waals surface area contributed by atoms with Crippen LogP contribution in [0, 0.1) is 0 Å². The van der Waals surface area contributed by atoms with Crippen LogP contribution in [0.2, 0.25) is 5.02 Å². The maximum atomic E-state index is 13.7. The molecule has 0 spiro atoms. The number of hydrogen-bond donors (Lipinski definition) is 1. The SMILES string of the molecule is CCOC(=O)C(F)(F)[C@H](N)c1cc(Br)ccc1Cl.Cl. The fraction of sp³-hybridized carbons (Fsp3) is 0.364. The van der Waals surface area contributed by atoms with Gasteiger partial charge in [0.05, 0.1) is 6.61 Å². The van der Waals surface area contributed by atoms with E-state index in [2.05, 4.69) is 20.7 Å². The molecule has 0 amide bonds. The molecule has 0 aliphatic carbocycles. The van der Waals surface area contributed by atoms with Crippen molar-refractivity contribution in [1.29, 1.82) is 0 Å². The Bertz CT molecular complexity index is 460. The van der Waals surface area contributed by atoms with Crippen molar-refractivity contribution >= 4 is 45.9 Å². The molecule has 0 saturated carbocycles. The molecule has 19 heavy (non-hydrogen) atoms. The summed E-state index contributed by atoms with van der Waals surface area (Å²) in [6.45, 7) is 1.29. The number of esters is 1. The Morgan fingerprint density at radius 3 is 2.68 bits per heavy atom. The highest BCUT2D eigenvalue weighted by molar-refractivity contribution is 9.10. The van der Waals surface area contributed by atoms with Gasteiger partial charge in [-0.25, -0.2) is 4.79 Å². The van der Waals surface area contributed by atoms with Crippen LogP contribution < -0.4 is 5.73 Å². The van der Waals surface area contributed by atoms with Crippen molar-refractivity contribution in [3.8, 4) is 0 Å². The van der Waals surface area contributed by atoms with Crippen LogP contribution in [0.5, 0.6) is 0 Å². The number of carbonyl (C=O) groups excluding carboxylic acids is 1. The van der Waals surface area contributed by atoms with Crippen LogP contribution in [0.15, 0.2) is 22.7 Å². The normalized spacial score (nSPS) is 12.5. The Labute approximate surface area is 129 Å². The highest BCUT2D eigenvalue weighted by Crippen LogP contribution is 2.35. The van der Waals surface area contributed by atoms with Crippen LogP contribution in [0.25, 0.3) is 0 Å². The molecular weight excluding hydrogens is 367 g/mol. The summed E-state index contributed by atoms with van der Waals surface area (Å²) in [5, 5.41) is 0.0645. The van der Waals surface area contributed by atoms with E-state index in [1.165, 1.54) is 19.1 Å². The molecule has 0 aromatic heterocycles. The molecule has 8 heteroatoms. The monoisotopic (exact) mass is 377 g/mol. The fourth-order valence-corrected chi connectivity index (χ4v) is 1.92. The smallest absolute Gasteiger partial charge is 0.379 e. The lowest BCUT2D eigenvalue weighted by molar-refractivity contribution is -0.174. The molecule has 3 nitrogen and oxygen atoms in total. The van der Waals surface area contributed by atoms with Crippen LogP contribution in [-0.4, -0.2) is 18.5 Å². The molecule has 1 rings (SSSR count). The van der Waals surface area contributed by atoms with Crippen LogP contribution >= 0.6 is 39.9 Å². The Balaban J connectivity index is 0.00000324. The van der Waals surface area contributed by atoms with Gasteiger partial charge in [0.25, 0.3) is 0 Å². The Kier molecular flexibility index (Phi) is 7.21. The first-order chi connectivity index (χ1) is 8.30. The van der Waals surface area contributed by atoms with E-state index >= 15 is 0 Å². The highest BCUT2D eigenvalue weighted by atomic mass is 79.9. The number of carbonyl (C=O) groups is 1. The van der Waals surface area contributed by atoms with Gasteiger partial charge in [-0.15, -0.1) is 12.4 Å². The molecule has 0 saturated heterocycles. The molecular formula is C11H12BrCl2F2NO2. The van der Waals surface area contributed by atoms with Crippen LogP contribution in [0.3, 0.4) is 0 Å². The van der Waals surface area contributed by atoms with Gasteiger partial charge < -0.3 is 10.5 Å². The first-order valence-electron chi connectivity index (χ1n) is 5.06. The summed E-state index contributed by atoms with van der Waals surface area (Å²) in [7, 11) is 0. The third kappa shape index (κ3) is 4.27. The maximum Gasteiger partial charge on any atom is 0.379 e. The van der Waals surface area contributed by atoms with Gasteiger partial charge in [-0.1, -0.05) is 27.5 Å². The van der Waals surface area contributed by atoms with Gasteiger partial charge in [0.2, 0.25) is 0 Å². The van der Waals surface area contributed by atoms with Crippen LogP contribution in [0.4, 0.5) is 8.78 Å². The first kappa shape index (κ1) is 18.6. The number of nitrogens with two attached hydrogens (primary N) is 1. The highest BCUT2D eigenvalue weighted by Gasteiger charge is 2.48. The fourth-order valence-electron chi connectivity index (χ4n) is 1.30. The number of halogens is 5. The minimum atomic E-state index is -3.83. The van der Waals surface area contributed by atoms with E-state index in [0.717, 1.165) is 0 Å². The minimum Gasteiger partial charge on any atom is -0.462 e. The zero-order valence-electron chi connectivity index (χ0n) is 9.83. The number of benzene rings is 1. The molecule has 0 aliphatic heterocycles. The van der Waals surface area contributed by atoms with E-state index in [0.29, 0.717) is 4.47 Å². The number of alkyl halides is 2. The zero-order valence-corrected chi connectivity index (χ0v) is 13.0. The van der Waals surface area contributed by atoms with Gasteiger partial charge in [0.1, 0.15) is 6.04 Å². The lowest BCUT2D eigenvalue weighted by Gasteiger charge is -2.22. The van der Waals surface area contributed by atoms with Crippen molar-refractivity contribution in [3.63, 3.8) is 0 Å². The Hall–Kier alpha value is -0.430. The Morgan fingerprint density at radius 1 is 1.58 bits per heavy atom. The molecule has 0 aliphatic rings. The van der Waals surface area contributed by atoms with Crippen molar-refractivity contribution in [1.82, 2.24) is 0 Å². The minimum absolute atomic E-state index is 0. The molecule has 0 heterocycles. The van der Waals surface area contributed by atoms with Gasteiger partial charge >= 0.3 is 11.9 Å². The third-order valence-electron chi connectivity index (χ3n) is 2.23. The van der Waals surface area contributed by atoms with E-state index in [1.54, 1.807) is 6.07 Å². The van der Waals surface area contributed by atoms with Gasteiger partial charge in [-0.05, 0) is 30.7 Å². The summed E-state index contributed by atoms with van der Waals surface area (Å²) in [6, 6.07) is 2.49. The number of ether oxygens (including phenoxy) is 1. The van der Waals surface area contributed by atoms with E-state index in [9.17, 15) is 13.6 Å². The van der Waals surface area contributed by atoms with E-state index in [4.69, 9.17) is 17.3 Å². The summed E-state index contributed by atoms with van der Waals surface area (Å²) in [6.07, 6.45) is 0. The Morgan fingerprint density at radius 2 is 2.16 bits per heavy atom. The summed E-state index contributed by atoms with van der Waals surface area (Å²) < 4.78 is 32.3. The van der Waals surface area contributed by atoms with Gasteiger partial charge in [-0.2, -0.15) is 8.78 Å². The molecule has 2 N–H and O–H groups in total. The van der Waals surface area contributed by atoms with Gasteiger partial charge in [0, 0.05) is 9.50 Å². The van der Waals surface area contributed by atoms with Crippen molar-refractivity contribution < 1.29 is 18.3 Å². The molecule has 0 fully saturated rings. The predicted molar refractivity (Wildman–Crippen MR) is 74.9 cm³/mol. The van der Waals surface area contributed by atoms with Crippen LogP contribution in [0.1, 0.15) is 18.5 Å². The first-order valence-corrected chi connectivity index (χ1v) is 6.23. The summed E-state index contributed by atoms with van der Waals surface area (Å²) in [5.41, 5.74) is 5.39. The molecule has 1 aromatic carbocycles.